The molecule has 0 aliphatic rings. The van der Waals surface area contributed by atoms with Crippen LogP contribution in [0.25, 0.3) is 10.9 Å². The van der Waals surface area contributed by atoms with Crippen LogP contribution in [-0.4, -0.2) is 35.2 Å². The number of fused-ring (bicyclic) bond motifs is 1. The average molecular weight is 381 g/mol. The van der Waals surface area contributed by atoms with Gasteiger partial charge in [-0.1, -0.05) is 30.3 Å². The summed E-state index contributed by atoms with van der Waals surface area (Å²) in [6.07, 6.45) is 0.921. The number of nitro groups is 1. The van der Waals surface area contributed by atoms with Gasteiger partial charge in [-0.15, -0.1) is 0 Å². The predicted molar refractivity (Wildman–Crippen MR) is 108 cm³/mol. The van der Waals surface area contributed by atoms with Crippen molar-refractivity contribution in [3.8, 4) is 0 Å². The summed E-state index contributed by atoms with van der Waals surface area (Å²) in [6, 6.07) is 16.5. The SMILES string of the molecule is CCOC(=O)c1cc2cc([N+](=O)[O-])ccc2n1CCNCCc1ccccc1. The second kappa shape index (κ2) is 9.14. The molecule has 3 rings (SSSR count). The van der Waals surface area contributed by atoms with Crippen LogP contribution in [0.4, 0.5) is 5.69 Å². The molecule has 0 saturated heterocycles. The quantitative estimate of drug-likeness (QED) is 0.265. The molecule has 3 aromatic rings. The molecule has 7 heteroatoms. The summed E-state index contributed by atoms with van der Waals surface area (Å²) in [5.74, 6) is -0.425. The number of aromatic nitrogens is 1. The van der Waals surface area contributed by atoms with Gasteiger partial charge in [0.2, 0.25) is 0 Å². The van der Waals surface area contributed by atoms with Crippen LogP contribution in [0.3, 0.4) is 0 Å². The molecule has 0 spiro atoms. The van der Waals surface area contributed by atoms with Gasteiger partial charge in [0.15, 0.2) is 0 Å². The third-order valence-electron chi connectivity index (χ3n) is 4.53. The Morgan fingerprint density at radius 1 is 1.14 bits per heavy atom. The molecule has 7 nitrogen and oxygen atoms in total. The zero-order valence-corrected chi connectivity index (χ0v) is 15.8. The van der Waals surface area contributed by atoms with E-state index in [4.69, 9.17) is 4.74 Å². The van der Waals surface area contributed by atoms with Crippen molar-refractivity contribution in [2.75, 3.05) is 19.7 Å². The Labute approximate surface area is 163 Å². The number of ether oxygens (including phenoxy) is 1. The first-order valence-electron chi connectivity index (χ1n) is 9.29. The summed E-state index contributed by atoms with van der Waals surface area (Å²) in [4.78, 5) is 22.9. The molecular weight excluding hydrogens is 358 g/mol. The summed E-state index contributed by atoms with van der Waals surface area (Å²) in [5.41, 5.74) is 2.45. The van der Waals surface area contributed by atoms with Crippen molar-refractivity contribution < 1.29 is 14.5 Å². The second-order valence-electron chi connectivity index (χ2n) is 6.39. The van der Waals surface area contributed by atoms with Crippen LogP contribution >= 0.6 is 0 Å². The van der Waals surface area contributed by atoms with Crippen LogP contribution in [0.15, 0.2) is 54.6 Å². The maximum Gasteiger partial charge on any atom is 0.354 e. The Balaban J connectivity index is 1.72. The maximum atomic E-state index is 12.3. The minimum absolute atomic E-state index is 0.000968. The Bertz CT molecular complexity index is 966. The van der Waals surface area contributed by atoms with Crippen molar-refractivity contribution in [1.82, 2.24) is 9.88 Å². The van der Waals surface area contributed by atoms with Crippen molar-refractivity contribution in [1.29, 1.82) is 0 Å². The lowest BCUT2D eigenvalue weighted by Crippen LogP contribution is -2.24. The van der Waals surface area contributed by atoms with Gasteiger partial charge in [-0.05, 0) is 37.6 Å². The summed E-state index contributed by atoms with van der Waals surface area (Å²) < 4.78 is 7.00. The van der Waals surface area contributed by atoms with Gasteiger partial charge in [0.1, 0.15) is 5.69 Å². The Morgan fingerprint density at radius 3 is 2.64 bits per heavy atom. The van der Waals surface area contributed by atoms with Crippen LogP contribution in [0.5, 0.6) is 0 Å². The lowest BCUT2D eigenvalue weighted by Gasteiger charge is -2.11. The standard InChI is InChI=1S/C21H23N3O4/c1-2-28-21(25)20-15-17-14-18(24(26)27)8-9-19(17)23(20)13-12-22-11-10-16-6-4-3-5-7-16/h3-9,14-15,22H,2,10-13H2,1H3. The Hall–Kier alpha value is -3.19. The van der Waals surface area contributed by atoms with E-state index >= 15 is 0 Å². The van der Waals surface area contributed by atoms with Crippen molar-refractivity contribution in [3.63, 3.8) is 0 Å². The molecular formula is C21H23N3O4. The highest BCUT2D eigenvalue weighted by molar-refractivity contribution is 5.96. The van der Waals surface area contributed by atoms with E-state index in [1.807, 2.05) is 22.8 Å². The average Bonchev–Trinajstić information content (AvgIpc) is 3.06. The largest absolute Gasteiger partial charge is 0.461 e. The fraction of sp³-hybridized carbons (Fsp3) is 0.286. The van der Waals surface area contributed by atoms with Crippen LogP contribution in [0.1, 0.15) is 23.0 Å². The van der Waals surface area contributed by atoms with Gasteiger partial charge in [-0.3, -0.25) is 10.1 Å². The van der Waals surface area contributed by atoms with Gasteiger partial charge in [0.25, 0.3) is 5.69 Å². The fourth-order valence-electron chi connectivity index (χ4n) is 3.18. The summed E-state index contributed by atoms with van der Waals surface area (Å²) in [6.45, 7) is 4.07. The molecule has 1 aromatic heterocycles. The molecule has 2 aromatic carbocycles. The molecule has 0 saturated carbocycles. The van der Waals surface area contributed by atoms with Crippen LogP contribution < -0.4 is 5.32 Å². The normalized spacial score (nSPS) is 10.9. The van der Waals surface area contributed by atoms with E-state index in [-0.39, 0.29) is 12.3 Å². The van der Waals surface area contributed by atoms with E-state index in [2.05, 4.69) is 17.4 Å². The number of nitrogens with zero attached hydrogens (tertiary/aromatic N) is 2. The number of benzene rings is 2. The van der Waals surface area contributed by atoms with Crippen molar-refractivity contribution >= 4 is 22.6 Å². The number of carbonyl (C=O) groups is 1. The first-order valence-corrected chi connectivity index (χ1v) is 9.29. The van der Waals surface area contributed by atoms with E-state index in [9.17, 15) is 14.9 Å². The molecule has 0 amide bonds. The highest BCUT2D eigenvalue weighted by Crippen LogP contribution is 2.25. The zero-order valence-electron chi connectivity index (χ0n) is 15.8. The van der Waals surface area contributed by atoms with Crippen molar-refractivity contribution in [3.05, 3.63) is 76.0 Å². The zero-order chi connectivity index (χ0) is 19.9. The Morgan fingerprint density at radius 2 is 1.93 bits per heavy atom. The summed E-state index contributed by atoms with van der Waals surface area (Å²) in [5, 5.41) is 15.1. The predicted octanol–water partition coefficient (Wildman–Crippen LogP) is 3.56. The van der Waals surface area contributed by atoms with E-state index in [0.29, 0.717) is 24.2 Å². The van der Waals surface area contributed by atoms with Crippen LogP contribution in [0.2, 0.25) is 0 Å². The molecule has 28 heavy (non-hydrogen) atoms. The van der Waals surface area contributed by atoms with Gasteiger partial charge in [-0.25, -0.2) is 4.79 Å². The summed E-state index contributed by atoms with van der Waals surface area (Å²) >= 11 is 0. The molecule has 0 radical (unpaired) electrons. The van der Waals surface area contributed by atoms with E-state index in [1.54, 1.807) is 19.1 Å². The molecule has 0 aliphatic heterocycles. The number of non-ortho nitro benzene ring substituents is 1. The molecule has 0 unspecified atom stereocenters. The van der Waals surface area contributed by atoms with Crippen LogP contribution in [0, 0.1) is 10.1 Å². The number of nitrogens with one attached hydrogen (secondary N) is 1. The Kier molecular flexibility index (Phi) is 6.39. The minimum atomic E-state index is -0.439. The lowest BCUT2D eigenvalue weighted by atomic mass is 10.1. The lowest BCUT2D eigenvalue weighted by molar-refractivity contribution is -0.384. The van der Waals surface area contributed by atoms with Crippen molar-refractivity contribution in [2.45, 2.75) is 19.9 Å². The number of nitro benzene ring substituents is 1. The first-order chi connectivity index (χ1) is 13.6. The number of rotatable bonds is 9. The second-order valence-corrected chi connectivity index (χ2v) is 6.39. The third kappa shape index (κ3) is 4.55. The first kappa shape index (κ1) is 19.6. The van der Waals surface area contributed by atoms with Gasteiger partial charge in [-0.2, -0.15) is 0 Å². The number of esters is 1. The van der Waals surface area contributed by atoms with Gasteiger partial charge in [0.05, 0.1) is 11.5 Å². The molecule has 0 fully saturated rings. The number of carbonyl (C=O) groups excluding carboxylic acids is 1. The highest BCUT2D eigenvalue weighted by atomic mass is 16.6. The van der Waals surface area contributed by atoms with Gasteiger partial charge in [0, 0.05) is 36.1 Å². The number of hydrogen-bond acceptors (Lipinski definition) is 5. The molecule has 1 N–H and O–H groups in total. The van der Waals surface area contributed by atoms with E-state index < -0.39 is 10.9 Å². The molecule has 0 aliphatic carbocycles. The van der Waals surface area contributed by atoms with E-state index in [0.717, 1.165) is 18.5 Å². The fourth-order valence-corrected chi connectivity index (χ4v) is 3.18. The topological polar surface area (TPSA) is 86.4 Å². The molecule has 0 atom stereocenters. The molecule has 146 valence electrons. The smallest absolute Gasteiger partial charge is 0.354 e. The maximum absolute atomic E-state index is 12.3. The van der Waals surface area contributed by atoms with Crippen LogP contribution in [-0.2, 0) is 17.7 Å². The highest BCUT2D eigenvalue weighted by Gasteiger charge is 2.18. The number of hydrogen-bond donors (Lipinski definition) is 1. The van der Waals surface area contributed by atoms with Gasteiger partial charge >= 0.3 is 5.97 Å². The molecule has 0 bridgehead atoms. The van der Waals surface area contributed by atoms with E-state index in [1.165, 1.54) is 17.7 Å². The minimum Gasteiger partial charge on any atom is -0.461 e. The monoisotopic (exact) mass is 381 g/mol. The third-order valence-corrected chi connectivity index (χ3v) is 4.53. The molecule has 1 heterocycles. The summed E-state index contributed by atoms with van der Waals surface area (Å²) in [7, 11) is 0. The van der Waals surface area contributed by atoms with Gasteiger partial charge < -0.3 is 14.6 Å². The van der Waals surface area contributed by atoms with Crippen molar-refractivity contribution in [2.24, 2.45) is 0 Å².